The molecule has 2 rings (SSSR count). The average Bonchev–Trinajstić information content (AvgIpc) is 2.85. The van der Waals surface area contributed by atoms with Crippen LogP contribution in [-0.2, 0) is 22.6 Å². The molecule has 2 N–H and O–H groups in total. The summed E-state index contributed by atoms with van der Waals surface area (Å²) in [4.78, 5) is 14.0. The molecule has 1 saturated heterocycles. The molecule has 1 aliphatic heterocycles. The molecule has 0 radical (unpaired) electrons. The van der Waals surface area contributed by atoms with Gasteiger partial charge in [0.25, 0.3) is 0 Å². The largest absolute Gasteiger partial charge is 0.378 e. The van der Waals surface area contributed by atoms with Gasteiger partial charge in [0, 0.05) is 20.1 Å². The van der Waals surface area contributed by atoms with Gasteiger partial charge in [0.1, 0.15) is 0 Å². The Hall–Kier alpha value is -1.39. The lowest BCUT2D eigenvalue weighted by molar-refractivity contribution is -0.134. The van der Waals surface area contributed by atoms with Crippen LogP contribution in [0.5, 0.6) is 0 Å². The maximum absolute atomic E-state index is 12.2. The third-order valence-corrected chi connectivity index (χ3v) is 3.60. The van der Waals surface area contributed by atoms with Crippen LogP contribution in [0.15, 0.2) is 24.3 Å². The van der Waals surface area contributed by atoms with Crippen molar-refractivity contribution in [3.8, 4) is 0 Å². The van der Waals surface area contributed by atoms with Crippen molar-refractivity contribution in [1.29, 1.82) is 0 Å². The van der Waals surface area contributed by atoms with E-state index in [1.807, 2.05) is 38.2 Å². The van der Waals surface area contributed by atoms with E-state index in [0.717, 1.165) is 17.5 Å². The number of ether oxygens (including phenoxy) is 1. The summed E-state index contributed by atoms with van der Waals surface area (Å²) in [5, 5.41) is 0. The lowest BCUT2D eigenvalue weighted by Gasteiger charge is -2.20. The Bertz CT molecular complexity index is 430. The van der Waals surface area contributed by atoms with Crippen LogP contribution in [-0.4, -0.2) is 30.6 Å². The Morgan fingerprint density at radius 1 is 1.37 bits per heavy atom. The summed E-state index contributed by atoms with van der Waals surface area (Å²) in [5.41, 5.74) is 7.80. The van der Waals surface area contributed by atoms with Gasteiger partial charge in [0.15, 0.2) is 0 Å². The number of nitrogens with zero attached hydrogens (tertiary/aromatic N) is 1. The summed E-state index contributed by atoms with van der Waals surface area (Å²) in [5.74, 6) is 0.190. The van der Waals surface area contributed by atoms with Crippen LogP contribution in [0, 0.1) is 5.92 Å². The van der Waals surface area contributed by atoms with Gasteiger partial charge in [-0.15, -0.1) is 0 Å². The van der Waals surface area contributed by atoms with Gasteiger partial charge in [-0.1, -0.05) is 24.3 Å². The van der Waals surface area contributed by atoms with Crippen molar-refractivity contribution in [1.82, 2.24) is 4.90 Å². The standard InChI is InChI=1S/C15H22N2O2/c1-11-7-14(10-19-11)15(18)17(2)9-13-5-3-12(8-16)4-6-13/h3-6,11,14H,7-10,16H2,1-2H3. The van der Waals surface area contributed by atoms with Crippen LogP contribution in [0.2, 0.25) is 0 Å². The quantitative estimate of drug-likeness (QED) is 0.895. The summed E-state index contributed by atoms with van der Waals surface area (Å²) < 4.78 is 5.46. The summed E-state index contributed by atoms with van der Waals surface area (Å²) in [6, 6.07) is 8.07. The molecular formula is C15H22N2O2. The Morgan fingerprint density at radius 3 is 2.53 bits per heavy atom. The van der Waals surface area contributed by atoms with E-state index < -0.39 is 0 Å². The molecule has 104 valence electrons. The highest BCUT2D eigenvalue weighted by molar-refractivity contribution is 5.79. The molecule has 1 aliphatic rings. The zero-order chi connectivity index (χ0) is 13.8. The van der Waals surface area contributed by atoms with Gasteiger partial charge in [-0.25, -0.2) is 0 Å². The molecule has 0 aromatic heterocycles. The highest BCUT2D eigenvalue weighted by Crippen LogP contribution is 2.21. The minimum atomic E-state index is 0.0170. The maximum Gasteiger partial charge on any atom is 0.228 e. The van der Waals surface area contributed by atoms with E-state index in [1.54, 1.807) is 4.90 Å². The van der Waals surface area contributed by atoms with Crippen LogP contribution in [0.25, 0.3) is 0 Å². The minimum absolute atomic E-state index is 0.0170. The Balaban J connectivity index is 1.92. The molecule has 2 atom stereocenters. The first-order chi connectivity index (χ1) is 9.10. The van der Waals surface area contributed by atoms with E-state index in [0.29, 0.717) is 19.7 Å². The number of benzene rings is 1. The molecule has 0 aliphatic carbocycles. The third-order valence-electron chi connectivity index (χ3n) is 3.60. The van der Waals surface area contributed by atoms with Crippen molar-refractivity contribution < 1.29 is 9.53 Å². The molecule has 2 unspecified atom stereocenters. The van der Waals surface area contributed by atoms with Gasteiger partial charge in [-0.05, 0) is 24.5 Å². The smallest absolute Gasteiger partial charge is 0.228 e. The van der Waals surface area contributed by atoms with Crippen molar-refractivity contribution in [2.24, 2.45) is 11.7 Å². The van der Waals surface area contributed by atoms with E-state index in [1.165, 1.54) is 0 Å². The second kappa shape index (κ2) is 6.17. The fourth-order valence-electron chi connectivity index (χ4n) is 2.43. The molecule has 1 aromatic rings. The zero-order valence-electron chi connectivity index (χ0n) is 11.6. The number of rotatable bonds is 4. The van der Waals surface area contributed by atoms with E-state index in [-0.39, 0.29) is 17.9 Å². The van der Waals surface area contributed by atoms with Gasteiger partial charge < -0.3 is 15.4 Å². The SMILES string of the molecule is CC1CC(C(=O)N(C)Cc2ccc(CN)cc2)CO1. The summed E-state index contributed by atoms with van der Waals surface area (Å²) in [6.07, 6.45) is 1.03. The average molecular weight is 262 g/mol. The Kier molecular flexibility index (Phi) is 4.56. The van der Waals surface area contributed by atoms with Crippen molar-refractivity contribution in [3.63, 3.8) is 0 Å². The first kappa shape index (κ1) is 14.0. The first-order valence-corrected chi connectivity index (χ1v) is 6.74. The normalized spacial score (nSPS) is 22.5. The van der Waals surface area contributed by atoms with Gasteiger partial charge >= 0.3 is 0 Å². The van der Waals surface area contributed by atoms with Crippen LogP contribution in [0.4, 0.5) is 0 Å². The fourth-order valence-corrected chi connectivity index (χ4v) is 2.43. The topological polar surface area (TPSA) is 55.6 Å². The van der Waals surface area contributed by atoms with Crippen molar-refractivity contribution in [2.45, 2.75) is 32.5 Å². The predicted molar refractivity (Wildman–Crippen MR) is 74.3 cm³/mol. The van der Waals surface area contributed by atoms with Gasteiger partial charge in [-0.2, -0.15) is 0 Å². The second-order valence-corrected chi connectivity index (χ2v) is 5.29. The monoisotopic (exact) mass is 262 g/mol. The van der Waals surface area contributed by atoms with Crippen LogP contribution in [0.1, 0.15) is 24.5 Å². The van der Waals surface area contributed by atoms with E-state index >= 15 is 0 Å². The van der Waals surface area contributed by atoms with E-state index in [9.17, 15) is 4.79 Å². The van der Waals surface area contributed by atoms with Gasteiger partial charge in [0.05, 0.1) is 18.6 Å². The Morgan fingerprint density at radius 2 is 2.00 bits per heavy atom. The number of amides is 1. The number of nitrogens with two attached hydrogens (primary N) is 1. The lowest BCUT2D eigenvalue weighted by atomic mass is 10.0. The number of hydrogen-bond donors (Lipinski definition) is 1. The lowest BCUT2D eigenvalue weighted by Crippen LogP contribution is -2.32. The van der Waals surface area contributed by atoms with Crippen LogP contribution >= 0.6 is 0 Å². The van der Waals surface area contributed by atoms with E-state index in [4.69, 9.17) is 10.5 Å². The van der Waals surface area contributed by atoms with E-state index in [2.05, 4.69) is 0 Å². The zero-order valence-corrected chi connectivity index (χ0v) is 11.6. The fraction of sp³-hybridized carbons (Fsp3) is 0.533. The molecule has 4 heteroatoms. The molecule has 19 heavy (non-hydrogen) atoms. The molecular weight excluding hydrogens is 240 g/mol. The molecule has 0 spiro atoms. The molecule has 1 amide bonds. The number of hydrogen-bond acceptors (Lipinski definition) is 3. The molecule has 0 saturated carbocycles. The highest BCUT2D eigenvalue weighted by Gasteiger charge is 2.30. The number of carbonyl (C=O) groups is 1. The van der Waals surface area contributed by atoms with Crippen molar-refractivity contribution in [3.05, 3.63) is 35.4 Å². The van der Waals surface area contributed by atoms with Crippen molar-refractivity contribution in [2.75, 3.05) is 13.7 Å². The summed E-state index contributed by atoms with van der Waals surface area (Å²) in [7, 11) is 1.85. The predicted octanol–water partition coefficient (Wildman–Crippen LogP) is 1.53. The maximum atomic E-state index is 12.2. The van der Waals surface area contributed by atoms with Gasteiger partial charge in [0.2, 0.25) is 5.91 Å². The minimum Gasteiger partial charge on any atom is -0.378 e. The molecule has 1 fully saturated rings. The van der Waals surface area contributed by atoms with Gasteiger partial charge in [-0.3, -0.25) is 4.79 Å². The third kappa shape index (κ3) is 3.55. The summed E-state index contributed by atoms with van der Waals surface area (Å²) >= 11 is 0. The number of carbonyl (C=O) groups excluding carboxylic acids is 1. The Labute approximate surface area is 114 Å². The second-order valence-electron chi connectivity index (χ2n) is 5.29. The molecule has 0 bridgehead atoms. The molecule has 4 nitrogen and oxygen atoms in total. The highest BCUT2D eigenvalue weighted by atomic mass is 16.5. The molecule has 1 heterocycles. The van der Waals surface area contributed by atoms with Crippen molar-refractivity contribution >= 4 is 5.91 Å². The first-order valence-electron chi connectivity index (χ1n) is 6.74. The van der Waals surface area contributed by atoms with Crippen LogP contribution < -0.4 is 5.73 Å². The van der Waals surface area contributed by atoms with Crippen LogP contribution in [0.3, 0.4) is 0 Å². The summed E-state index contributed by atoms with van der Waals surface area (Å²) in [6.45, 7) is 3.75. The molecule has 1 aromatic carbocycles.